The van der Waals surface area contributed by atoms with Gasteiger partial charge in [-0.3, -0.25) is 9.59 Å². The van der Waals surface area contributed by atoms with E-state index in [1.54, 1.807) is 24.3 Å². The minimum absolute atomic E-state index is 0.202. The summed E-state index contributed by atoms with van der Waals surface area (Å²) in [7, 11) is 0. The number of halogens is 1. The third-order valence-corrected chi connectivity index (χ3v) is 5.37. The average Bonchev–Trinajstić information content (AvgIpc) is 3.10. The normalized spacial score (nSPS) is 26.4. The molecule has 0 heterocycles. The second-order valence-corrected chi connectivity index (χ2v) is 7.62. The fourth-order valence-electron chi connectivity index (χ4n) is 4.09. The maximum atomic E-state index is 12.8. The van der Waals surface area contributed by atoms with Crippen molar-refractivity contribution >= 4 is 23.2 Å². The van der Waals surface area contributed by atoms with E-state index in [1.165, 1.54) is 0 Å². The quantitative estimate of drug-likeness (QED) is 0.740. The molecule has 0 aromatic heterocycles. The zero-order chi connectivity index (χ0) is 17.0. The fourth-order valence-corrected chi connectivity index (χ4v) is 4.21. The lowest BCUT2D eigenvalue weighted by molar-refractivity contribution is -0.142. The molecule has 1 spiro atoms. The van der Waals surface area contributed by atoms with Gasteiger partial charge in [-0.15, -0.1) is 0 Å². The maximum Gasteiger partial charge on any atom is 0.172 e. The van der Waals surface area contributed by atoms with Gasteiger partial charge in [-0.2, -0.15) is 10.5 Å². The monoisotopic (exact) mass is 326 g/mol. The van der Waals surface area contributed by atoms with Crippen molar-refractivity contribution in [1.29, 1.82) is 10.5 Å². The maximum absolute atomic E-state index is 12.8. The van der Waals surface area contributed by atoms with Crippen molar-refractivity contribution in [3.05, 3.63) is 34.9 Å². The van der Waals surface area contributed by atoms with Crippen molar-refractivity contribution in [3.63, 3.8) is 0 Å². The van der Waals surface area contributed by atoms with Gasteiger partial charge in [-0.25, -0.2) is 0 Å². The van der Waals surface area contributed by atoms with Gasteiger partial charge in [0.05, 0.1) is 12.1 Å². The molecule has 2 saturated carbocycles. The van der Waals surface area contributed by atoms with Gasteiger partial charge in [0, 0.05) is 23.8 Å². The summed E-state index contributed by atoms with van der Waals surface area (Å²) in [6.07, 6.45) is 0.405. The minimum atomic E-state index is -1.61. The van der Waals surface area contributed by atoms with Crippen molar-refractivity contribution in [2.75, 3.05) is 0 Å². The first-order valence-corrected chi connectivity index (χ1v) is 7.77. The number of Topliss-reactive ketones (excluding diaryl/α,β-unsaturated/α-hetero) is 2. The van der Waals surface area contributed by atoms with Crippen LogP contribution >= 0.6 is 11.6 Å². The molecule has 116 valence electrons. The molecule has 5 heteroatoms. The van der Waals surface area contributed by atoms with Gasteiger partial charge in [-0.05, 0) is 23.1 Å². The number of benzene rings is 1. The predicted molar refractivity (Wildman–Crippen MR) is 83.3 cm³/mol. The van der Waals surface area contributed by atoms with Crippen LogP contribution in [0.2, 0.25) is 5.02 Å². The molecule has 2 aliphatic carbocycles. The Labute approximate surface area is 139 Å². The standard InChI is InChI=1S/C18H15ClN2O2/c1-16(2)7-13(22)18(14(23)8-16)15(17(18,9-20)10-21)11-3-5-12(19)6-4-11/h3-6,15H,7-8H2,1-2H3. The van der Waals surface area contributed by atoms with Gasteiger partial charge in [0.15, 0.2) is 5.41 Å². The molecule has 0 radical (unpaired) electrons. The highest BCUT2D eigenvalue weighted by atomic mass is 35.5. The summed E-state index contributed by atoms with van der Waals surface area (Å²) in [5.74, 6) is -1.29. The summed E-state index contributed by atoms with van der Waals surface area (Å²) in [6, 6.07) is 10.6. The van der Waals surface area contributed by atoms with E-state index >= 15 is 0 Å². The highest BCUT2D eigenvalue weighted by Crippen LogP contribution is 2.77. The summed E-state index contributed by atoms with van der Waals surface area (Å²) in [5.41, 5.74) is -2.91. The second kappa shape index (κ2) is 4.66. The smallest absolute Gasteiger partial charge is 0.172 e. The number of nitrogens with zero attached hydrogens (tertiary/aromatic N) is 2. The van der Waals surface area contributed by atoms with Crippen LogP contribution in [0.4, 0.5) is 0 Å². The summed E-state index contributed by atoms with van der Waals surface area (Å²) < 4.78 is 0. The van der Waals surface area contributed by atoms with Crippen LogP contribution in [0.25, 0.3) is 0 Å². The molecule has 0 bridgehead atoms. The lowest BCUT2D eigenvalue weighted by Crippen LogP contribution is -2.42. The molecule has 1 unspecified atom stereocenters. The van der Waals surface area contributed by atoms with E-state index in [9.17, 15) is 20.1 Å². The van der Waals surface area contributed by atoms with Gasteiger partial charge >= 0.3 is 0 Å². The van der Waals surface area contributed by atoms with Gasteiger partial charge in [-0.1, -0.05) is 37.6 Å². The molecule has 0 saturated heterocycles. The Hall–Kier alpha value is -2.17. The van der Waals surface area contributed by atoms with E-state index in [0.717, 1.165) is 0 Å². The molecular formula is C18H15ClN2O2. The van der Waals surface area contributed by atoms with E-state index in [0.29, 0.717) is 10.6 Å². The van der Waals surface area contributed by atoms with Crippen molar-refractivity contribution in [1.82, 2.24) is 0 Å². The minimum Gasteiger partial charge on any atom is -0.298 e. The number of ketones is 2. The van der Waals surface area contributed by atoms with Crippen LogP contribution in [0.3, 0.4) is 0 Å². The Balaban J connectivity index is 2.16. The Kier molecular flexibility index (Phi) is 3.19. The zero-order valence-corrected chi connectivity index (χ0v) is 13.6. The second-order valence-electron chi connectivity index (χ2n) is 7.19. The van der Waals surface area contributed by atoms with E-state index in [-0.39, 0.29) is 24.4 Å². The molecule has 1 atom stereocenters. The van der Waals surface area contributed by atoms with Crippen LogP contribution in [0.5, 0.6) is 0 Å². The highest BCUT2D eigenvalue weighted by Gasteiger charge is 2.86. The molecule has 3 rings (SSSR count). The first kappa shape index (κ1) is 15.7. The van der Waals surface area contributed by atoms with Crippen molar-refractivity contribution < 1.29 is 9.59 Å². The first-order chi connectivity index (χ1) is 10.7. The molecule has 0 amide bonds. The zero-order valence-electron chi connectivity index (χ0n) is 12.9. The molecule has 2 aliphatic rings. The molecule has 0 N–H and O–H groups in total. The summed E-state index contributed by atoms with van der Waals surface area (Å²) >= 11 is 5.88. The van der Waals surface area contributed by atoms with E-state index in [4.69, 9.17) is 11.6 Å². The molecule has 1 aromatic rings. The Morgan fingerprint density at radius 2 is 1.52 bits per heavy atom. The number of hydrogen-bond donors (Lipinski definition) is 0. The van der Waals surface area contributed by atoms with Crippen molar-refractivity contribution in [2.24, 2.45) is 16.2 Å². The third kappa shape index (κ3) is 1.82. The van der Waals surface area contributed by atoms with Gasteiger partial charge in [0.1, 0.15) is 17.0 Å². The highest BCUT2D eigenvalue weighted by molar-refractivity contribution is 6.30. The number of hydrogen-bond acceptors (Lipinski definition) is 4. The van der Waals surface area contributed by atoms with Crippen LogP contribution in [-0.2, 0) is 9.59 Å². The summed E-state index contributed by atoms with van der Waals surface area (Å²) in [4.78, 5) is 25.7. The van der Waals surface area contributed by atoms with E-state index in [1.807, 2.05) is 26.0 Å². The third-order valence-electron chi connectivity index (χ3n) is 5.12. The van der Waals surface area contributed by atoms with Crippen LogP contribution < -0.4 is 0 Å². The predicted octanol–water partition coefficient (Wildman–Crippen LogP) is 3.42. The Morgan fingerprint density at radius 3 is 1.96 bits per heavy atom. The SMILES string of the molecule is CC1(C)CC(=O)C2(C(=O)C1)C(c1ccc(Cl)cc1)C2(C#N)C#N. The van der Waals surface area contributed by atoms with Crippen LogP contribution in [0.1, 0.15) is 38.2 Å². The van der Waals surface area contributed by atoms with E-state index < -0.39 is 22.2 Å². The molecule has 0 aliphatic heterocycles. The molecule has 23 heavy (non-hydrogen) atoms. The number of nitriles is 2. The van der Waals surface area contributed by atoms with E-state index in [2.05, 4.69) is 0 Å². The molecular weight excluding hydrogens is 312 g/mol. The van der Waals surface area contributed by atoms with Crippen LogP contribution in [-0.4, -0.2) is 11.6 Å². The van der Waals surface area contributed by atoms with Crippen molar-refractivity contribution in [2.45, 2.75) is 32.6 Å². The lowest BCUT2D eigenvalue weighted by atomic mass is 9.67. The molecule has 4 nitrogen and oxygen atoms in total. The Bertz CT molecular complexity index is 762. The van der Waals surface area contributed by atoms with Crippen LogP contribution in [0.15, 0.2) is 24.3 Å². The number of carbonyl (C=O) groups excluding carboxylic acids is 2. The molecule has 2 fully saturated rings. The number of rotatable bonds is 1. The van der Waals surface area contributed by atoms with Crippen LogP contribution in [0, 0.1) is 38.9 Å². The van der Waals surface area contributed by atoms with Crippen molar-refractivity contribution in [3.8, 4) is 12.1 Å². The average molecular weight is 327 g/mol. The fraction of sp³-hybridized carbons (Fsp3) is 0.444. The largest absolute Gasteiger partial charge is 0.298 e. The lowest BCUT2D eigenvalue weighted by Gasteiger charge is -2.33. The van der Waals surface area contributed by atoms with Gasteiger partial charge in [0.25, 0.3) is 0 Å². The number of carbonyl (C=O) groups is 2. The topological polar surface area (TPSA) is 81.7 Å². The summed E-state index contributed by atoms with van der Waals surface area (Å²) in [5, 5.41) is 19.8. The summed E-state index contributed by atoms with van der Waals surface area (Å²) in [6.45, 7) is 3.71. The Morgan fingerprint density at radius 1 is 1.04 bits per heavy atom. The van der Waals surface area contributed by atoms with Gasteiger partial charge in [0.2, 0.25) is 0 Å². The molecule has 1 aromatic carbocycles. The first-order valence-electron chi connectivity index (χ1n) is 7.40. The van der Waals surface area contributed by atoms with Gasteiger partial charge < -0.3 is 0 Å².